The molecule has 1 aromatic rings. The van der Waals surface area contributed by atoms with Gasteiger partial charge in [0.15, 0.2) is 5.76 Å². The number of methoxy groups -OCH3 is 1. The Morgan fingerprint density at radius 3 is 2.80 bits per heavy atom. The molecule has 0 aliphatic rings. The van der Waals surface area contributed by atoms with Crippen LogP contribution in [0.1, 0.15) is 24.4 Å². The van der Waals surface area contributed by atoms with Gasteiger partial charge in [-0.2, -0.15) is 0 Å². The smallest absolute Gasteiger partial charge is 0.287 e. The van der Waals surface area contributed by atoms with Gasteiger partial charge in [-0.1, -0.05) is 13.8 Å². The highest BCUT2D eigenvalue weighted by molar-refractivity contribution is 5.91. The molecule has 0 fully saturated rings. The van der Waals surface area contributed by atoms with Crippen LogP contribution in [0.25, 0.3) is 0 Å². The fourth-order valence-electron chi connectivity index (χ4n) is 1.23. The Morgan fingerprint density at radius 1 is 1.60 bits per heavy atom. The van der Waals surface area contributed by atoms with Gasteiger partial charge in [0, 0.05) is 7.11 Å². The lowest BCUT2D eigenvalue weighted by Gasteiger charge is -2.20. The number of nitrogens with one attached hydrogen (secondary N) is 1. The second-order valence-electron chi connectivity index (χ2n) is 3.76. The number of carbonyl (C=O) groups excluding carboxylic acids is 1. The van der Waals surface area contributed by atoms with Gasteiger partial charge < -0.3 is 14.5 Å². The van der Waals surface area contributed by atoms with E-state index in [1.165, 1.54) is 6.26 Å². The molecule has 15 heavy (non-hydrogen) atoms. The lowest BCUT2D eigenvalue weighted by atomic mass is 10.1. The van der Waals surface area contributed by atoms with Crippen LogP contribution in [0.5, 0.6) is 0 Å². The lowest BCUT2D eigenvalue weighted by Crippen LogP contribution is -2.41. The van der Waals surface area contributed by atoms with E-state index >= 15 is 0 Å². The average Bonchev–Trinajstić information content (AvgIpc) is 2.69. The molecule has 0 aromatic carbocycles. The number of rotatable bonds is 5. The van der Waals surface area contributed by atoms with E-state index in [-0.39, 0.29) is 11.9 Å². The molecular formula is C11H17NO3. The molecule has 1 aromatic heterocycles. The van der Waals surface area contributed by atoms with Gasteiger partial charge in [-0.3, -0.25) is 4.79 Å². The van der Waals surface area contributed by atoms with Crippen molar-refractivity contribution < 1.29 is 13.9 Å². The van der Waals surface area contributed by atoms with Crippen LogP contribution in [0, 0.1) is 5.92 Å². The highest BCUT2D eigenvalue weighted by Crippen LogP contribution is 2.05. The largest absolute Gasteiger partial charge is 0.459 e. The van der Waals surface area contributed by atoms with E-state index in [0.717, 1.165) is 0 Å². The third-order valence-electron chi connectivity index (χ3n) is 2.21. The Kier molecular flexibility index (Phi) is 4.37. The van der Waals surface area contributed by atoms with Gasteiger partial charge in [0.2, 0.25) is 0 Å². The molecule has 1 heterocycles. The summed E-state index contributed by atoms with van der Waals surface area (Å²) in [5.41, 5.74) is 0. The van der Waals surface area contributed by atoms with Crippen LogP contribution in [-0.4, -0.2) is 25.7 Å². The molecule has 0 saturated heterocycles. The maximum absolute atomic E-state index is 11.6. The van der Waals surface area contributed by atoms with Gasteiger partial charge in [-0.15, -0.1) is 0 Å². The van der Waals surface area contributed by atoms with E-state index in [1.807, 2.05) is 13.8 Å². The van der Waals surface area contributed by atoms with Crippen molar-refractivity contribution in [2.45, 2.75) is 19.9 Å². The fourth-order valence-corrected chi connectivity index (χ4v) is 1.23. The summed E-state index contributed by atoms with van der Waals surface area (Å²) in [5, 5.41) is 2.86. The second kappa shape index (κ2) is 5.56. The Balaban J connectivity index is 2.55. The first-order chi connectivity index (χ1) is 7.15. The zero-order valence-electron chi connectivity index (χ0n) is 9.32. The summed E-state index contributed by atoms with van der Waals surface area (Å²) < 4.78 is 10.0. The number of carbonyl (C=O) groups is 1. The predicted octanol–water partition coefficient (Wildman–Crippen LogP) is 1.68. The minimum atomic E-state index is -0.198. The van der Waals surface area contributed by atoms with Crippen LogP contribution in [0.15, 0.2) is 22.8 Å². The van der Waals surface area contributed by atoms with Crippen LogP contribution < -0.4 is 5.32 Å². The first-order valence-electron chi connectivity index (χ1n) is 4.98. The third-order valence-corrected chi connectivity index (χ3v) is 2.21. The average molecular weight is 211 g/mol. The van der Waals surface area contributed by atoms with Crippen molar-refractivity contribution in [1.82, 2.24) is 5.32 Å². The molecular weight excluding hydrogens is 194 g/mol. The molecule has 0 aliphatic carbocycles. The van der Waals surface area contributed by atoms with Gasteiger partial charge in [-0.05, 0) is 18.1 Å². The van der Waals surface area contributed by atoms with Crippen molar-refractivity contribution in [3.05, 3.63) is 24.2 Å². The molecule has 1 unspecified atom stereocenters. The fraction of sp³-hybridized carbons (Fsp3) is 0.545. The maximum atomic E-state index is 11.6. The highest BCUT2D eigenvalue weighted by Gasteiger charge is 2.18. The topological polar surface area (TPSA) is 51.5 Å². The van der Waals surface area contributed by atoms with Gasteiger partial charge in [0.05, 0.1) is 18.9 Å². The van der Waals surface area contributed by atoms with Gasteiger partial charge in [0.25, 0.3) is 5.91 Å². The summed E-state index contributed by atoms with van der Waals surface area (Å²) in [4.78, 5) is 11.6. The minimum absolute atomic E-state index is 0.00704. The lowest BCUT2D eigenvalue weighted by molar-refractivity contribution is 0.0840. The molecule has 1 amide bonds. The van der Waals surface area contributed by atoms with Crippen molar-refractivity contribution in [3.8, 4) is 0 Å². The zero-order chi connectivity index (χ0) is 11.3. The van der Waals surface area contributed by atoms with Crippen LogP contribution in [0.3, 0.4) is 0 Å². The van der Waals surface area contributed by atoms with Crippen LogP contribution in [0.4, 0.5) is 0 Å². The number of hydrogen-bond donors (Lipinski definition) is 1. The summed E-state index contributed by atoms with van der Waals surface area (Å²) in [5.74, 6) is 0.455. The van der Waals surface area contributed by atoms with Crippen molar-refractivity contribution in [3.63, 3.8) is 0 Å². The number of hydrogen-bond acceptors (Lipinski definition) is 3. The summed E-state index contributed by atoms with van der Waals surface area (Å²) in [6.07, 6.45) is 1.48. The zero-order valence-corrected chi connectivity index (χ0v) is 9.32. The SMILES string of the molecule is COCC(NC(=O)c1ccco1)C(C)C. The third kappa shape index (κ3) is 3.40. The van der Waals surface area contributed by atoms with E-state index in [0.29, 0.717) is 18.3 Å². The number of amides is 1. The van der Waals surface area contributed by atoms with Crippen LogP contribution in [-0.2, 0) is 4.74 Å². The van der Waals surface area contributed by atoms with Crippen LogP contribution in [0.2, 0.25) is 0 Å². The van der Waals surface area contributed by atoms with E-state index in [9.17, 15) is 4.79 Å². The summed E-state index contributed by atoms with van der Waals surface area (Å²) in [6, 6.07) is 3.34. The molecule has 0 aliphatic heterocycles. The molecule has 4 heteroatoms. The van der Waals surface area contributed by atoms with Crippen LogP contribution >= 0.6 is 0 Å². The number of furan rings is 1. The summed E-state index contributed by atoms with van der Waals surface area (Å²) >= 11 is 0. The first-order valence-corrected chi connectivity index (χ1v) is 4.98. The molecule has 0 spiro atoms. The molecule has 0 saturated carbocycles. The Morgan fingerprint density at radius 2 is 2.33 bits per heavy atom. The first kappa shape index (κ1) is 11.8. The van der Waals surface area contributed by atoms with E-state index in [1.54, 1.807) is 19.2 Å². The molecule has 84 valence electrons. The Labute approximate surface area is 89.6 Å². The quantitative estimate of drug-likeness (QED) is 0.806. The van der Waals surface area contributed by atoms with E-state index in [4.69, 9.17) is 9.15 Å². The van der Waals surface area contributed by atoms with Crippen molar-refractivity contribution >= 4 is 5.91 Å². The normalized spacial score (nSPS) is 12.8. The molecule has 1 N–H and O–H groups in total. The molecule has 1 atom stereocenters. The van der Waals surface area contributed by atoms with Gasteiger partial charge in [0.1, 0.15) is 0 Å². The highest BCUT2D eigenvalue weighted by atomic mass is 16.5. The van der Waals surface area contributed by atoms with Gasteiger partial charge >= 0.3 is 0 Å². The van der Waals surface area contributed by atoms with Gasteiger partial charge in [-0.25, -0.2) is 0 Å². The Bertz CT molecular complexity index is 293. The monoisotopic (exact) mass is 211 g/mol. The second-order valence-corrected chi connectivity index (χ2v) is 3.76. The summed E-state index contributed by atoms with van der Waals surface area (Å²) in [6.45, 7) is 4.57. The van der Waals surface area contributed by atoms with E-state index in [2.05, 4.69) is 5.32 Å². The van der Waals surface area contributed by atoms with Crippen molar-refractivity contribution in [2.75, 3.05) is 13.7 Å². The predicted molar refractivity (Wildman–Crippen MR) is 56.7 cm³/mol. The molecule has 1 rings (SSSR count). The minimum Gasteiger partial charge on any atom is -0.459 e. The molecule has 0 radical (unpaired) electrons. The maximum Gasteiger partial charge on any atom is 0.287 e. The van der Waals surface area contributed by atoms with E-state index < -0.39 is 0 Å². The molecule has 4 nitrogen and oxygen atoms in total. The van der Waals surface area contributed by atoms with Crippen molar-refractivity contribution in [2.24, 2.45) is 5.92 Å². The number of ether oxygens (including phenoxy) is 1. The standard InChI is InChI=1S/C11H17NO3/c1-8(2)9(7-14-3)12-11(13)10-5-4-6-15-10/h4-6,8-9H,7H2,1-3H3,(H,12,13). The summed E-state index contributed by atoms with van der Waals surface area (Å²) in [7, 11) is 1.62. The van der Waals surface area contributed by atoms with Crippen molar-refractivity contribution in [1.29, 1.82) is 0 Å². The molecule has 0 bridgehead atoms. The Hall–Kier alpha value is -1.29.